The highest BCUT2D eigenvalue weighted by Gasteiger charge is 2.29. The minimum absolute atomic E-state index is 0.00259. The van der Waals surface area contributed by atoms with Gasteiger partial charge in [0.15, 0.2) is 17.0 Å². The first kappa shape index (κ1) is 35.4. The van der Waals surface area contributed by atoms with Crippen molar-refractivity contribution in [3.63, 3.8) is 0 Å². The molecule has 262 valence electrons. The molecule has 1 aliphatic carbocycles. The van der Waals surface area contributed by atoms with Crippen LogP contribution in [0.1, 0.15) is 78.0 Å². The molecule has 0 spiro atoms. The Morgan fingerprint density at radius 3 is 2.34 bits per heavy atom. The van der Waals surface area contributed by atoms with Crippen LogP contribution in [0.2, 0.25) is 0 Å². The predicted molar refractivity (Wildman–Crippen MR) is 186 cm³/mol. The Hall–Kier alpha value is -5.86. The van der Waals surface area contributed by atoms with Crippen molar-refractivity contribution in [1.29, 1.82) is 0 Å². The number of fused-ring (bicyclic) bond motifs is 1. The number of nitrogens with zero attached hydrogens (tertiary/aromatic N) is 5. The van der Waals surface area contributed by atoms with Crippen LogP contribution in [0, 0.1) is 0 Å². The van der Waals surface area contributed by atoms with E-state index in [9.17, 15) is 29.4 Å². The lowest BCUT2D eigenvalue weighted by molar-refractivity contribution is -0.142. The van der Waals surface area contributed by atoms with Crippen molar-refractivity contribution < 1.29 is 29.4 Å². The molecule has 0 aliphatic heterocycles. The number of carbonyl (C=O) groups is 4. The summed E-state index contributed by atoms with van der Waals surface area (Å²) in [5.74, 6) is -3.32. The Bertz CT molecular complexity index is 1860. The first-order chi connectivity index (χ1) is 24.0. The van der Waals surface area contributed by atoms with Crippen molar-refractivity contribution in [2.75, 3.05) is 23.4 Å². The smallest absolute Gasteiger partial charge is 0.326 e. The molecule has 8 N–H and O–H groups in total. The second-order valence-corrected chi connectivity index (χ2v) is 12.5. The molecule has 1 fully saturated rings. The van der Waals surface area contributed by atoms with Gasteiger partial charge in [0.2, 0.25) is 11.9 Å². The molecule has 15 heteroatoms. The summed E-state index contributed by atoms with van der Waals surface area (Å²) in [5, 5.41) is 24.5. The van der Waals surface area contributed by atoms with E-state index < -0.39 is 42.3 Å². The first-order valence-corrected chi connectivity index (χ1v) is 16.5. The van der Waals surface area contributed by atoms with Crippen molar-refractivity contribution >= 4 is 52.4 Å². The fraction of sp³-hybridized carbons (Fsp3) is 0.371. The molecule has 2 aromatic carbocycles. The van der Waals surface area contributed by atoms with Crippen LogP contribution in [0.25, 0.3) is 11.2 Å². The predicted octanol–water partition coefficient (Wildman–Crippen LogP) is 3.04. The zero-order valence-corrected chi connectivity index (χ0v) is 27.7. The van der Waals surface area contributed by atoms with Crippen molar-refractivity contribution in [1.82, 2.24) is 30.6 Å². The van der Waals surface area contributed by atoms with Gasteiger partial charge in [-0.2, -0.15) is 9.97 Å². The van der Waals surface area contributed by atoms with E-state index in [4.69, 9.17) is 11.5 Å². The molecule has 1 saturated carbocycles. The molecule has 4 aromatic rings. The number of aromatic nitrogens is 4. The maximum absolute atomic E-state index is 13.4. The number of carbonyl (C=O) groups excluding carboxylic acids is 2. The zero-order valence-electron chi connectivity index (χ0n) is 27.7. The number of aliphatic carboxylic acids is 2. The summed E-state index contributed by atoms with van der Waals surface area (Å²) in [6.45, 7) is 0.339. The molecule has 15 nitrogen and oxygen atoms in total. The third-order valence-electron chi connectivity index (χ3n) is 8.88. The highest BCUT2D eigenvalue weighted by atomic mass is 16.4. The number of hydrogen-bond donors (Lipinski definition) is 6. The van der Waals surface area contributed by atoms with E-state index in [1.807, 2.05) is 36.2 Å². The van der Waals surface area contributed by atoms with E-state index in [0.717, 1.165) is 42.5 Å². The highest BCUT2D eigenvalue weighted by molar-refractivity contribution is 5.98. The van der Waals surface area contributed by atoms with Gasteiger partial charge >= 0.3 is 11.9 Å². The lowest BCUT2D eigenvalue weighted by Crippen LogP contribution is -2.52. The Morgan fingerprint density at radius 2 is 1.64 bits per heavy atom. The van der Waals surface area contributed by atoms with E-state index in [-0.39, 0.29) is 35.8 Å². The average Bonchev–Trinajstić information content (AvgIpc) is 3.10. The highest BCUT2D eigenvalue weighted by Crippen LogP contribution is 2.34. The van der Waals surface area contributed by atoms with Crippen molar-refractivity contribution in [3.05, 3.63) is 77.1 Å². The van der Waals surface area contributed by atoms with Gasteiger partial charge in [0.05, 0.1) is 18.4 Å². The number of amides is 2. The Kier molecular flexibility index (Phi) is 11.4. The van der Waals surface area contributed by atoms with Crippen molar-refractivity contribution in [3.8, 4) is 0 Å². The van der Waals surface area contributed by atoms with Crippen LogP contribution in [-0.4, -0.2) is 73.0 Å². The molecule has 50 heavy (non-hydrogen) atoms. The molecule has 0 radical (unpaired) electrons. The second kappa shape index (κ2) is 16.0. The van der Waals surface area contributed by atoms with Gasteiger partial charge in [-0.3, -0.25) is 14.4 Å². The summed E-state index contributed by atoms with van der Waals surface area (Å²) in [7, 11) is 1.82. The molecule has 1 aliphatic rings. The Morgan fingerprint density at radius 1 is 0.920 bits per heavy atom. The number of hydrogen-bond acceptors (Lipinski definition) is 11. The second-order valence-electron chi connectivity index (χ2n) is 12.5. The average molecular weight is 684 g/mol. The van der Waals surface area contributed by atoms with E-state index in [1.54, 1.807) is 30.5 Å². The maximum atomic E-state index is 13.4. The normalized spacial score (nSPS) is 14.4. The third-order valence-corrected chi connectivity index (χ3v) is 8.88. The largest absolute Gasteiger partial charge is 0.481 e. The van der Waals surface area contributed by atoms with Crippen LogP contribution in [-0.2, 0) is 27.3 Å². The van der Waals surface area contributed by atoms with E-state index >= 15 is 0 Å². The van der Waals surface area contributed by atoms with Gasteiger partial charge in [-0.25, -0.2) is 14.8 Å². The number of nitrogens with two attached hydrogens (primary N) is 2. The van der Waals surface area contributed by atoms with Gasteiger partial charge in [-0.1, -0.05) is 43.5 Å². The summed E-state index contributed by atoms with van der Waals surface area (Å²) in [6.07, 6.45) is 6.45. The van der Waals surface area contributed by atoms with Gasteiger partial charge in [0.25, 0.3) is 5.91 Å². The van der Waals surface area contributed by atoms with Crippen LogP contribution in [0.3, 0.4) is 0 Å². The number of benzene rings is 2. The SMILES string of the molecule is CN(Cc1cnc2nc(N)nc(N)c2n1)c1ccc(C(=O)N[C@@H](CCC(=O)O)C(=O)N[C@@H](Cc2ccccc2C2CCCCC2)C(=O)O)cc1. The molecular weight excluding hydrogens is 642 g/mol. The lowest BCUT2D eigenvalue weighted by atomic mass is 9.81. The van der Waals surface area contributed by atoms with Gasteiger partial charge in [0, 0.05) is 31.1 Å². The number of carboxylic acids is 2. The monoisotopic (exact) mass is 683 g/mol. The summed E-state index contributed by atoms with van der Waals surface area (Å²) in [6, 6.07) is 11.7. The maximum Gasteiger partial charge on any atom is 0.326 e. The van der Waals surface area contributed by atoms with Crippen molar-refractivity contribution in [2.24, 2.45) is 0 Å². The van der Waals surface area contributed by atoms with Gasteiger partial charge in [-0.15, -0.1) is 0 Å². The molecule has 0 bridgehead atoms. The van der Waals surface area contributed by atoms with Crippen molar-refractivity contribution in [2.45, 2.75) is 75.9 Å². The van der Waals surface area contributed by atoms with Crippen LogP contribution in [0.15, 0.2) is 54.7 Å². The van der Waals surface area contributed by atoms with Gasteiger partial charge in [-0.05, 0) is 60.6 Å². The quantitative estimate of drug-likeness (QED) is 0.112. The fourth-order valence-corrected chi connectivity index (χ4v) is 6.26. The summed E-state index contributed by atoms with van der Waals surface area (Å²) in [5.41, 5.74) is 15.7. The van der Waals surface area contributed by atoms with E-state index in [1.165, 1.54) is 6.42 Å². The number of nitrogen functional groups attached to an aromatic ring is 2. The van der Waals surface area contributed by atoms with E-state index in [0.29, 0.717) is 23.7 Å². The van der Waals surface area contributed by atoms with Gasteiger partial charge < -0.3 is 37.2 Å². The Labute approximate surface area is 288 Å². The van der Waals surface area contributed by atoms with Gasteiger partial charge in [0.1, 0.15) is 12.1 Å². The fourth-order valence-electron chi connectivity index (χ4n) is 6.26. The number of anilines is 3. The minimum Gasteiger partial charge on any atom is -0.481 e. The van der Waals surface area contributed by atoms with Crippen LogP contribution in [0.4, 0.5) is 17.5 Å². The number of carboxylic acid groups (broad SMARTS) is 2. The van der Waals surface area contributed by atoms with Crippen LogP contribution >= 0.6 is 0 Å². The summed E-state index contributed by atoms with van der Waals surface area (Å²) >= 11 is 0. The standard InChI is InChI=1S/C35H41N9O6/c1-44(19-23-18-38-31-29(39-23)30(36)42-35(37)43-31)24-13-11-21(12-14-24)32(47)40-26(15-16-28(45)46)33(48)41-27(34(49)50)17-22-9-5-6-10-25(22)20-7-3-2-4-8-20/h5-6,9-14,18,20,26-27H,2-4,7-8,15-17,19H2,1H3,(H,40,47)(H,41,48)(H,45,46)(H,49,50)(H4,36,37,38,42,43)/t26-,27-/m0/s1. The Balaban J connectivity index is 1.25. The lowest BCUT2D eigenvalue weighted by Gasteiger charge is -2.26. The molecular formula is C35H41N9O6. The summed E-state index contributed by atoms with van der Waals surface area (Å²) < 4.78 is 0. The molecule has 0 unspecified atom stereocenters. The van der Waals surface area contributed by atoms with Crippen LogP contribution < -0.4 is 27.0 Å². The summed E-state index contributed by atoms with van der Waals surface area (Å²) in [4.78, 5) is 69.0. The molecule has 2 amide bonds. The zero-order chi connectivity index (χ0) is 35.8. The molecule has 2 atom stereocenters. The van der Waals surface area contributed by atoms with Crippen LogP contribution in [0.5, 0.6) is 0 Å². The first-order valence-electron chi connectivity index (χ1n) is 16.5. The molecule has 2 aromatic heterocycles. The molecule has 2 heterocycles. The van der Waals surface area contributed by atoms with E-state index in [2.05, 4.69) is 30.6 Å². The number of rotatable bonds is 14. The topological polar surface area (TPSA) is 240 Å². The molecule has 0 saturated heterocycles. The minimum atomic E-state index is -1.28. The number of nitrogens with one attached hydrogen (secondary N) is 2. The molecule has 5 rings (SSSR count). The third kappa shape index (κ3) is 8.98.